The van der Waals surface area contributed by atoms with Gasteiger partial charge < -0.3 is 0 Å². The topological polar surface area (TPSA) is 34.9 Å². The van der Waals surface area contributed by atoms with Gasteiger partial charge in [0.1, 0.15) is 0 Å². The van der Waals surface area contributed by atoms with Crippen LogP contribution < -0.4 is 0 Å². The van der Waals surface area contributed by atoms with Crippen molar-refractivity contribution in [3.8, 4) is 0 Å². The fourth-order valence-corrected chi connectivity index (χ4v) is 2.34. The van der Waals surface area contributed by atoms with Crippen molar-refractivity contribution in [2.45, 2.75) is 38.5 Å². The lowest BCUT2D eigenvalue weighted by atomic mass is 9.99. The summed E-state index contributed by atoms with van der Waals surface area (Å²) in [6.45, 7) is 0. The number of hydrogen-bond donors (Lipinski definition) is 0. The van der Waals surface area contributed by atoms with Crippen molar-refractivity contribution in [2.24, 2.45) is 13.0 Å². The predicted octanol–water partition coefficient (Wildman–Crippen LogP) is 2.57. The van der Waals surface area contributed by atoms with Crippen LogP contribution in [0.1, 0.15) is 48.9 Å². The van der Waals surface area contributed by atoms with Crippen molar-refractivity contribution in [1.82, 2.24) is 9.78 Å². The third kappa shape index (κ3) is 2.67. The summed E-state index contributed by atoms with van der Waals surface area (Å²) in [5, 5.41) is 4.01. The Hall–Kier alpha value is -1.12. The van der Waals surface area contributed by atoms with E-state index in [-0.39, 0.29) is 5.78 Å². The van der Waals surface area contributed by atoms with Gasteiger partial charge in [0.2, 0.25) is 0 Å². The molecule has 1 fully saturated rings. The van der Waals surface area contributed by atoms with Gasteiger partial charge in [-0.2, -0.15) is 5.10 Å². The summed E-state index contributed by atoms with van der Waals surface area (Å²) in [6, 6.07) is 0. The number of carbonyl (C=O) groups excluding carboxylic acids is 1. The van der Waals surface area contributed by atoms with E-state index in [0.717, 1.165) is 17.9 Å². The SMILES string of the molecule is Cn1cc(C(=O)CCC2CCCC2)cn1. The molecule has 1 aromatic heterocycles. The van der Waals surface area contributed by atoms with E-state index >= 15 is 0 Å². The van der Waals surface area contributed by atoms with Gasteiger partial charge in [0.15, 0.2) is 5.78 Å². The average molecular weight is 206 g/mol. The van der Waals surface area contributed by atoms with Gasteiger partial charge in [-0.25, -0.2) is 0 Å². The van der Waals surface area contributed by atoms with E-state index in [9.17, 15) is 4.79 Å². The minimum absolute atomic E-state index is 0.245. The van der Waals surface area contributed by atoms with Gasteiger partial charge in [-0.05, 0) is 12.3 Å². The summed E-state index contributed by atoms with van der Waals surface area (Å²) >= 11 is 0. The highest BCUT2D eigenvalue weighted by atomic mass is 16.1. The monoisotopic (exact) mass is 206 g/mol. The molecule has 0 aliphatic heterocycles. The normalized spacial score (nSPS) is 17.1. The smallest absolute Gasteiger partial charge is 0.166 e. The van der Waals surface area contributed by atoms with Crippen LogP contribution in [0.4, 0.5) is 0 Å². The Bertz CT molecular complexity index is 337. The fourth-order valence-electron chi connectivity index (χ4n) is 2.34. The molecule has 0 unspecified atom stereocenters. The van der Waals surface area contributed by atoms with Crippen molar-refractivity contribution < 1.29 is 4.79 Å². The molecule has 1 aromatic rings. The van der Waals surface area contributed by atoms with E-state index in [4.69, 9.17) is 0 Å². The highest BCUT2D eigenvalue weighted by molar-refractivity contribution is 5.95. The molecule has 1 aliphatic rings. The van der Waals surface area contributed by atoms with Gasteiger partial charge in [-0.1, -0.05) is 25.7 Å². The van der Waals surface area contributed by atoms with Gasteiger partial charge in [0.25, 0.3) is 0 Å². The molecular weight excluding hydrogens is 188 g/mol. The second-order valence-corrected chi connectivity index (χ2v) is 4.52. The first kappa shape index (κ1) is 10.4. The second-order valence-electron chi connectivity index (χ2n) is 4.52. The van der Waals surface area contributed by atoms with Gasteiger partial charge in [0.05, 0.1) is 11.8 Å². The van der Waals surface area contributed by atoms with Crippen LogP contribution in [0.15, 0.2) is 12.4 Å². The highest BCUT2D eigenvalue weighted by Crippen LogP contribution is 2.28. The number of nitrogens with zero attached hydrogens (tertiary/aromatic N) is 2. The lowest BCUT2D eigenvalue weighted by molar-refractivity contribution is 0.0974. The summed E-state index contributed by atoms with van der Waals surface area (Å²) in [5.41, 5.74) is 0.760. The standard InChI is InChI=1S/C12H18N2O/c1-14-9-11(8-13-14)12(15)7-6-10-4-2-3-5-10/h8-10H,2-7H2,1H3. The Kier molecular flexibility index (Phi) is 3.19. The van der Waals surface area contributed by atoms with Crippen LogP contribution in [0.2, 0.25) is 0 Å². The highest BCUT2D eigenvalue weighted by Gasteiger charge is 2.17. The predicted molar refractivity (Wildman–Crippen MR) is 58.7 cm³/mol. The summed E-state index contributed by atoms with van der Waals surface area (Å²) in [7, 11) is 1.84. The van der Waals surface area contributed by atoms with Gasteiger partial charge >= 0.3 is 0 Å². The Morgan fingerprint density at radius 2 is 2.27 bits per heavy atom. The van der Waals surface area contributed by atoms with Crippen LogP contribution in [-0.4, -0.2) is 15.6 Å². The van der Waals surface area contributed by atoms with E-state index in [1.54, 1.807) is 17.1 Å². The maximum Gasteiger partial charge on any atom is 0.166 e. The summed E-state index contributed by atoms with van der Waals surface area (Å²) < 4.78 is 1.68. The molecule has 1 heterocycles. The minimum Gasteiger partial charge on any atom is -0.294 e. The van der Waals surface area contributed by atoms with Crippen molar-refractivity contribution in [3.63, 3.8) is 0 Å². The quantitative estimate of drug-likeness (QED) is 0.710. The Balaban J connectivity index is 1.81. The van der Waals surface area contributed by atoms with Crippen LogP contribution in [0.3, 0.4) is 0 Å². The van der Waals surface area contributed by atoms with Crippen molar-refractivity contribution in [1.29, 1.82) is 0 Å². The summed E-state index contributed by atoms with van der Waals surface area (Å²) in [6.07, 6.45) is 10.6. The third-order valence-corrected chi connectivity index (χ3v) is 3.28. The molecule has 0 N–H and O–H groups in total. The number of aromatic nitrogens is 2. The van der Waals surface area contributed by atoms with Crippen molar-refractivity contribution in [3.05, 3.63) is 18.0 Å². The molecule has 1 aliphatic carbocycles. The van der Waals surface area contributed by atoms with E-state index in [2.05, 4.69) is 5.10 Å². The van der Waals surface area contributed by atoms with Gasteiger partial charge in [-0.3, -0.25) is 9.48 Å². The first-order chi connectivity index (χ1) is 7.25. The van der Waals surface area contributed by atoms with Gasteiger partial charge in [0, 0.05) is 19.7 Å². The molecule has 15 heavy (non-hydrogen) atoms. The van der Waals surface area contributed by atoms with Crippen LogP contribution in [0.25, 0.3) is 0 Å². The molecule has 0 bridgehead atoms. The number of aryl methyl sites for hydroxylation is 1. The number of hydrogen-bond acceptors (Lipinski definition) is 2. The molecule has 0 saturated heterocycles. The van der Waals surface area contributed by atoms with Crippen molar-refractivity contribution in [2.75, 3.05) is 0 Å². The molecule has 2 rings (SSSR count). The lowest BCUT2D eigenvalue weighted by Crippen LogP contribution is -2.02. The maximum atomic E-state index is 11.8. The fraction of sp³-hybridized carbons (Fsp3) is 0.667. The van der Waals surface area contributed by atoms with E-state index in [1.807, 2.05) is 7.05 Å². The lowest BCUT2D eigenvalue weighted by Gasteiger charge is -2.06. The zero-order valence-electron chi connectivity index (χ0n) is 9.28. The molecular formula is C12H18N2O. The molecule has 0 radical (unpaired) electrons. The van der Waals surface area contributed by atoms with Crippen LogP contribution >= 0.6 is 0 Å². The zero-order valence-corrected chi connectivity index (χ0v) is 9.28. The molecule has 0 spiro atoms. The minimum atomic E-state index is 0.245. The number of Topliss-reactive ketones (excluding diaryl/α,β-unsaturated/α-hetero) is 1. The number of rotatable bonds is 4. The summed E-state index contributed by atoms with van der Waals surface area (Å²) in [4.78, 5) is 11.8. The summed E-state index contributed by atoms with van der Waals surface area (Å²) in [5.74, 6) is 1.04. The maximum absolute atomic E-state index is 11.8. The average Bonchev–Trinajstić information content (AvgIpc) is 2.84. The number of carbonyl (C=O) groups is 1. The molecule has 3 heteroatoms. The molecule has 82 valence electrons. The largest absolute Gasteiger partial charge is 0.294 e. The van der Waals surface area contributed by atoms with E-state index < -0.39 is 0 Å². The first-order valence-electron chi connectivity index (χ1n) is 5.77. The number of ketones is 1. The first-order valence-corrected chi connectivity index (χ1v) is 5.77. The Labute approximate surface area is 90.5 Å². The Morgan fingerprint density at radius 3 is 2.87 bits per heavy atom. The van der Waals surface area contributed by atoms with Crippen LogP contribution in [0.5, 0.6) is 0 Å². The molecule has 0 atom stereocenters. The second kappa shape index (κ2) is 4.60. The third-order valence-electron chi connectivity index (χ3n) is 3.28. The van der Waals surface area contributed by atoms with Crippen LogP contribution in [-0.2, 0) is 7.05 Å². The van der Waals surface area contributed by atoms with Crippen LogP contribution in [0, 0.1) is 5.92 Å². The van der Waals surface area contributed by atoms with E-state index in [0.29, 0.717) is 6.42 Å². The zero-order chi connectivity index (χ0) is 10.7. The molecule has 0 aromatic carbocycles. The van der Waals surface area contributed by atoms with E-state index in [1.165, 1.54) is 25.7 Å². The van der Waals surface area contributed by atoms with Crippen molar-refractivity contribution >= 4 is 5.78 Å². The molecule has 1 saturated carbocycles. The van der Waals surface area contributed by atoms with Gasteiger partial charge in [-0.15, -0.1) is 0 Å². The Morgan fingerprint density at radius 1 is 1.53 bits per heavy atom. The molecule has 0 amide bonds. The molecule has 3 nitrogen and oxygen atoms in total.